The molecule has 0 spiro atoms. The fourth-order valence-electron chi connectivity index (χ4n) is 2.95. The Labute approximate surface area is 155 Å². The van der Waals surface area contributed by atoms with Gasteiger partial charge in [-0.15, -0.1) is 11.3 Å². The summed E-state index contributed by atoms with van der Waals surface area (Å²) in [5, 5.41) is 4.42. The second kappa shape index (κ2) is 7.56. The van der Waals surface area contributed by atoms with E-state index in [0.29, 0.717) is 25.1 Å². The third-order valence-corrected chi connectivity index (χ3v) is 7.53. The first-order valence-corrected chi connectivity index (χ1v) is 10.4. The molecule has 3 N–H and O–H groups in total. The summed E-state index contributed by atoms with van der Waals surface area (Å²) < 4.78 is 27.0. The minimum absolute atomic E-state index is 0.116. The average molecular weight is 393 g/mol. The molecule has 2 heterocycles. The van der Waals surface area contributed by atoms with Crippen molar-refractivity contribution in [1.82, 2.24) is 4.31 Å². The van der Waals surface area contributed by atoms with E-state index in [2.05, 4.69) is 5.32 Å². The Balaban J connectivity index is 1.74. The van der Waals surface area contributed by atoms with Gasteiger partial charge in [-0.3, -0.25) is 9.59 Å². The zero-order valence-corrected chi connectivity index (χ0v) is 15.6. The molecule has 138 valence electrons. The quantitative estimate of drug-likeness (QED) is 0.808. The summed E-state index contributed by atoms with van der Waals surface area (Å²) in [4.78, 5) is 24.1. The summed E-state index contributed by atoms with van der Waals surface area (Å²) in [6, 6.07) is 9.73. The number of rotatable bonds is 5. The van der Waals surface area contributed by atoms with Crippen LogP contribution in [0.4, 0.5) is 5.69 Å². The molecule has 2 aromatic rings. The van der Waals surface area contributed by atoms with Gasteiger partial charge in [0.1, 0.15) is 4.21 Å². The fraction of sp³-hybridized carbons (Fsp3) is 0.294. The monoisotopic (exact) mass is 393 g/mol. The zero-order chi connectivity index (χ0) is 18.7. The van der Waals surface area contributed by atoms with Gasteiger partial charge in [-0.2, -0.15) is 4.31 Å². The van der Waals surface area contributed by atoms with Gasteiger partial charge < -0.3 is 11.1 Å². The highest BCUT2D eigenvalue weighted by atomic mass is 32.2. The number of sulfonamides is 1. The van der Waals surface area contributed by atoms with Gasteiger partial charge in [0.25, 0.3) is 15.9 Å². The van der Waals surface area contributed by atoms with Crippen LogP contribution in [0.5, 0.6) is 0 Å². The van der Waals surface area contributed by atoms with E-state index in [-0.39, 0.29) is 22.2 Å². The topological polar surface area (TPSA) is 110 Å². The van der Waals surface area contributed by atoms with Crippen LogP contribution < -0.4 is 11.1 Å². The van der Waals surface area contributed by atoms with Gasteiger partial charge in [-0.05, 0) is 36.4 Å². The highest BCUT2D eigenvalue weighted by Crippen LogP contribution is 2.27. The Kier molecular flexibility index (Phi) is 5.40. The molecule has 1 aliphatic rings. The molecular formula is C17H19N3O4S2. The predicted molar refractivity (Wildman–Crippen MR) is 99.4 cm³/mol. The van der Waals surface area contributed by atoms with Crippen LogP contribution in [-0.4, -0.2) is 37.6 Å². The SMILES string of the molecule is NC(=O)c1ccccc1NC(=O)[C@H]1CCCN(S(=O)(=O)c2cccs2)C1. The number of thiophene rings is 1. The van der Waals surface area contributed by atoms with E-state index in [1.165, 1.54) is 10.4 Å². The van der Waals surface area contributed by atoms with Crippen molar-refractivity contribution in [1.29, 1.82) is 0 Å². The summed E-state index contributed by atoms with van der Waals surface area (Å²) in [5.41, 5.74) is 5.88. The Morgan fingerprint density at radius 2 is 1.96 bits per heavy atom. The van der Waals surface area contributed by atoms with Crippen molar-refractivity contribution >= 4 is 38.9 Å². The summed E-state index contributed by atoms with van der Waals surface area (Å²) >= 11 is 1.16. The van der Waals surface area contributed by atoms with E-state index < -0.39 is 21.8 Å². The molecule has 1 aliphatic heterocycles. The first-order chi connectivity index (χ1) is 12.4. The number of anilines is 1. The largest absolute Gasteiger partial charge is 0.366 e. The van der Waals surface area contributed by atoms with Crippen molar-refractivity contribution < 1.29 is 18.0 Å². The van der Waals surface area contributed by atoms with Crippen molar-refractivity contribution in [2.45, 2.75) is 17.1 Å². The lowest BCUT2D eigenvalue weighted by molar-refractivity contribution is -0.120. The molecule has 0 bridgehead atoms. The second-order valence-electron chi connectivity index (χ2n) is 6.03. The van der Waals surface area contributed by atoms with Gasteiger partial charge in [0.2, 0.25) is 5.91 Å². The highest BCUT2D eigenvalue weighted by molar-refractivity contribution is 7.91. The minimum Gasteiger partial charge on any atom is -0.366 e. The van der Waals surface area contributed by atoms with Crippen molar-refractivity contribution in [2.24, 2.45) is 11.7 Å². The number of para-hydroxylation sites is 1. The molecule has 3 rings (SSSR count). The van der Waals surface area contributed by atoms with E-state index >= 15 is 0 Å². The molecule has 1 saturated heterocycles. The Hall–Kier alpha value is -2.23. The maximum absolute atomic E-state index is 12.7. The number of nitrogens with one attached hydrogen (secondary N) is 1. The van der Waals surface area contributed by atoms with Crippen LogP contribution in [0.1, 0.15) is 23.2 Å². The number of piperidine rings is 1. The number of amides is 2. The summed E-state index contributed by atoms with van der Waals surface area (Å²) in [6.07, 6.45) is 1.18. The third kappa shape index (κ3) is 3.79. The van der Waals surface area contributed by atoms with E-state index in [0.717, 1.165) is 11.3 Å². The van der Waals surface area contributed by atoms with E-state index in [1.807, 2.05) is 0 Å². The Bertz CT molecular complexity index is 910. The van der Waals surface area contributed by atoms with Crippen molar-refractivity contribution in [3.63, 3.8) is 0 Å². The molecular weight excluding hydrogens is 374 g/mol. The molecule has 9 heteroatoms. The molecule has 0 saturated carbocycles. The third-order valence-electron chi connectivity index (χ3n) is 4.29. The van der Waals surface area contributed by atoms with Gasteiger partial charge in [-0.25, -0.2) is 8.42 Å². The number of carbonyl (C=O) groups excluding carboxylic acids is 2. The van der Waals surface area contributed by atoms with Gasteiger partial charge in [0, 0.05) is 13.1 Å². The zero-order valence-electron chi connectivity index (χ0n) is 13.9. The highest BCUT2D eigenvalue weighted by Gasteiger charge is 2.34. The lowest BCUT2D eigenvalue weighted by Crippen LogP contribution is -2.43. The number of carbonyl (C=O) groups is 2. The van der Waals surface area contributed by atoms with Gasteiger partial charge in [0.15, 0.2) is 0 Å². The second-order valence-corrected chi connectivity index (χ2v) is 9.15. The van der Waals surface area contributed by atoms with Crippen LogP contribution in [-0.2, 0) is 14.8 Å². The fourth-order valence-corrected chi connectivity index (χ4v) is 5.62. The molecule has 1 atom stereocenters. The first-order valence-electron chi connectivity index (χ1n) is 8.13. The van der Waals surface area contributed by atoms with Crippen LogP contribution in [0.3, 0.4) is 0 Å². The molecule has 0 aliphatic carbocycles. The van der Waals surface area contributed by atoms with Crippen molar-refractivity contribution in [3.05, 3.63) is 47.3 Å². The number of primary amides is 1. The molecule has 0 unspecified atom stereocenters. The van der Waals surface area contributed by atoms with Crippen LogP contribution in [0, 0.1) is 5.92 Å². The van der Waals surface area contributed by atoms with E-state index in [1.54, 1.807) is 35.7 Å². The summed E-state index contributed by atoms with van der Waals surface area (Å²) in [7, 11) is -3.58. The van der Waals surface area contributed by atoms with Gasteiger partial charge in [0.05, 0.1) is 17.2 Å². The van der Waals surface area contributed by atoms with Crippen LogP contribution in [0.25, 0.3) is 0 Å². The minimum atomic E-state index is -3.58. The smallest absolute Gasteiger partial charge is 0.252 e. The van der Waals surface area contributed by atoms with Crippen LogP contribution >= 0.6 is 11.3 Å². The molecule has 7 nitrogen and oxygen atoms in total. The number of nitrogens with zero attached hydrogens (tertiary/aromatic N) is 1. The van der Waals surface area contributed by atoms with Crippen LogP contribution in [0.2, 0.25) is 0 Å². The maximum atomic E-state index is 12.7. The molecule has 26 heavy (non-hydrogen) atoms. The lowest BCUT2D eigenvalue weighted by Gasteiger charge is -2.30. The van der Waals surface area contributed by atoms with Crippen molar-refractivity contribution in [3.8, 4) is 0 Å². The number of benzene rings is 1. The standard InChI is InChI=1S/C17H19N3O4S2/c18-16(21)13-6-1-2-7-14(13)19-17(22)12-5-3-9-20(11-12)26(23,24)15-8-4-10-25-15/h1-2,4,6-8,10,12H,3,5,9,11H2,(H2,18,21)(H,19,22)/t12-/m0/s1. The number of nitrogens with two attached hydrogens (primary N) is 1. The van der Waals surface area contributed by atoms with E-state index in [9.17, 15) is 18.0 Å². The average Bonchev–Trinajstić information content (AvgIpc) is 3.17. The van der Waals surface area contributed by atoms with Crippen LogP contribution in [0.15, 0.2) is 46.0 Å². The predicted octanol–water partition coefficient (Wildman–Crippen LogP) is 1.89. The molecule has 1 aromatic heterocycles. The lowest BCUT2D eigenvalue weighted by atomic mass is 9.98. The number of hydrogen-bond acceptors (Lipinski definition) is 5. The number of hydrogen-bond donors (Lipinski definition) is 2. The first kappa shape index (κ1) is 18.6. The molecule has 1 fully saturated rings. The Morgan fingerprint density at radius 1 is 1.19 bits per heavy atom. The van der Waals surface area contributed by atoms with Gasteiger partial charge in [-0.1, -0.05) is 18.2 Å². The van der Waals surface area contributed by atoms with Gasteiger partial charge >= 0.3 is 0 Å². The molecule has 2 amide bonds. The summed E-state index contributed by atoms with van der Waals surface area (Å²) in [6.45, 7) is 0.507. The molecule has 0 radical (unpaired) electrons. The molecule has 1 aromatic carbocycles. The maximum Gasteiger partial charge on any atom is 0.252 e. The van der Waals surface area contributed by atoms with Crippen molar-refractivity contribution in [2.75, 3.05) is 18.4 Å². The Morgan fingerprint density at radius 3 is 2.65 bits per heavy atom. The normalized spacial score (nSPS) is 18.4. The van der Waals surface area contributed by atoms with E-state index in [4.69, 9.17) is 5.73 Å². The summed E-state index contributed by atoms with van der Waals surface area (Å²) in [5.74, 6) is -1.43.